The van der Waals surface area contributed by atoms with Gasteiger partial charge in [0.2, 0.25) is 0 Å². The average Bonchev–Trinajstić information content (AvgIpc) is 2.83. The van der Waals surface area contributed by atoms with Crippen molar-refractivity contribution in [2.24, 2.45) is 0 Å². The van der Waals surface area contributed by atoms with Crippen molar-refractivity contribution in [3.8, 4) is 0 Å². The summed E-state index contributed by atoms with van der Waals surface area (Å²) in [5, 5.41) is 1.99. The fourth-order valence-electron chi connectivity index (χ4n) is 2.61. The summed E-state index contributed by atoms with van der Waals surface area (Å²) >= 11 is 0. The van der Waals surface area contributed by atoms with E-state index in [9.17, 15) is 0 Å². The van der Waals surface area contributed by atoms with Gasteiger partial charge < -0.3 is 4.90 Å². The first-order valence-electron chi connectivity index (χ1n) is 7.65. The minimum atomic E-state index is 0.602. The van der Waals surface area contributed by atoms with E-state index in [-0.39, 0.29) is 0 Å². The Morgan fingerprint density at radius 3 is 2.05 bits per heavy atom. The minimum Gasteiger partial charge on any atom is -0.349 e. The Morgan fingerprint density at radius 2 is 1.41 bits per heavy atom. The van der Waals surface area contributed by atoms with Crippen LogP contribution in [0.2, 0.25) is 0 Å². The lowest BCUT2D eigenvalue weighted by atomic mass is 10.2. The summed E-state index contributed by atoms with van der Waals surface area (Å²) in [6.45, 7) is 6.56. The molecule has 0 spiro atoms. The van der Waals surface area contributed by atoms with Crippen molar-refractivity contribution in [1.82, 2.24) is 9.96 Å². The van der Waals surface area contributed by atoms with Gasteiger partial charge in [0.1, 0.15) is 6.67 Å². The zero-order valence-corrected chi connectivity index (χ0v) is 13.2. The third kappa shape index (κ3) is 3.31. The molecule has 0 aromatic heterocycles. The first kappa shape index (κ1) is 14.7. The van der Waals surface area contributed by atoms with Crippen LogP contribution in [0.4, 0.5) is 0 Å². The number of allylic oxidation sites excluding steroid dienone is 2. The molecule has 1 heterocycles. The largest absolute Gasteiger partial charge is 0.349 e. The van der Waals surface area contributed by atoms with Crippen molar-refractivity contribution in [3.05, 3.63) is 83.2 Å². The normalized spacial score (nSPS) is 14.8. The van der Waals surface area contributed by atoms with E-state index in [0.29, 0.717) is 6.61 Å². The molecule has 1 aliphatic heterocycles. The summed E-state index contributed by atoms with van der Waals surface area (Å²) in [4.78, 5) is 8.32. The number of hydrogen-bond acceptors (Lipinski definition) is 3. The number of hydrogen-bond donors (Lipinski definition) is 0. The molecule has 0 saturated carbocycles. The van der Waals surface area contributed by atoms with E-state index in [1.807, 2.05) is 23.3 Å². The van der Waals surface area contributed by atoms with Crippen molar-refractivity contribution >= 4 is 0 Å². The fraction of sp³-hybridized carbons (Fsp3) is 0.263. The van der Waals surface area contributed by atoms with Crippen LogP contribution in [0.3, 0.4) is 0 Å². The summed E-state index contributed by atoms with van der Waals surface area (Å²) in [6.07, 6.45) is 0. The fourth-order valence-corrected chi connectivity index (χ4v) is 2.61. The first-order chi connectivity index (χ1) is 10.7. The van der Waals surface area contributed by atoms with Crippen LogP contribution in [0.5, 0.6) is 0 Å². The van der Waals surface area contributed by atoms with Gasteiger partial charge in [0.05, 0.1) is 12.3 Å². The minimum absolute atomic E-state index is 0.602. The van der Waals surface area contributed by atoms with Crippen LogP contribution in [0.25, 0.3) is 0 Å². The van der Waals surface area contributed by atoms with Crippen molar-refractivity contribution in [2.75, 3.05) is 6.67 Å². The second-order valence-electron chi connectivity index (χ2n) is 5.63. The molecule has 22 heavy (non-hydrogen) atoms. The molecule has 0 saturated heterocycles. The van der Waals surface area contributed by atoms with Gasteiger partial charge in [-0.1, -0.05) is 60.7 Å². The number of hydroxylamine groups is 2. The highest BCUT2D eigenvalue weighted by Crippen LogP contribution is 2.25. The average molecular weight is 294 g/mol. The molecule has 0 aliphatic carbocycles. The zero-order chi connectivity index (χ0) is 15.4. The van der Waals surface area contributed by atoms with Gasteiger partial charge in [0, 0.05) is 12.2 Å². The molecule has 2 aromatic rings. The van der Waals surface area contributed by atoms with Crippen LogP contribution >= 0.6 is 0 Å². The van der Waals surface area contributed by atoms with E-state index in [1.54, 1.807) is 0 Å². The number of rotatable bonds is 5. The smallest absolute Gasteiger partial charge is 0.116 e. The van der Waals surface area contributed by atoms with Crippen LogP contribution in [-0.4, -0.2) is 16.6 Å². The third-order valence-corrected chi connectivity index (χ3v) is 4.12. The quantitative estimate of drug-likeness (QED) is 0.824. The van der Waals surface area contributed by atoms with Crippen molar-refractivity contribution < 1.29 is 4.84 Å². The van der Waals surface area contributed by atoms with Crippen LogP contribution in [-0.2, 0) is 18.0 Å². The van der Waals surface area contributed by atoms with Gasteiger partial charge in [-0.2, -0.15) is 0 Å². The molecule has 0 fully saturated rings. The topological polar surface area (TPSA) is 15.7 Å². The van der Waals surface area contributed by atoms with Gasteiger partial charge in [-0.25, -0.2) is 5.06 Å². The van der Waals surface area contributed by atoms with E-state index in [4.69, 9.17) is 4.84 Å². The van der Waals surface area contributed by atoms with Crippen LogP contribution in [0.1, 0.15) is 25.0 Å². The molecule has 3 nitrogen and oxygen atoms in total. The Kier molecular flexibility index (Phi) is 4.45. The van der Waals surface area contributed by atoms with Crippen molar-refractivity contribution in [3.63, 3.8) is 0 Å². The maximum atomic E-state index is 5.97. The SMILES string of the molecule is CC1=C(C)N(OCc2ccccc2)CN1Cc1ccccc1. The Balaban J connectivity index is 1.61. The number of nitrogens with zero attached hydrogens (tertiary/aromatic N) is 2. The molecule has 3 heteroatoms. The summed E-state index contributed by atoms with van der Waals surface area (Å²) in [7, 11) is 0. The zero-order valence-electron chi connectivity index (χ0n) is 13.2. The van der Waals surface area contributed by atoms with E-state index in [0.717, 1.165) is 13.2 Å². The van der Waals surface area contributed by atoms with Gasteiger partial charge in [0.25, 0.3) is 0 Å². The second-order valence-corrected chi connectivity index (χ2v) is 5.63. The summed E-state index contributed by atoms with van der Waals surface area (Å²) < 4.78 is 0. The van der Waals surface area contributed by atoms with Gasteiger partial charge in [-0.05, 0) is 25.0 Å². The molecule has 0 unspecified atom stereocenters. The molecule has 1 aliphatic rings. The monoisotopic (exact) mass is 294 g/mol. The molecular weight excluding hydrogens is 272 g/mol. The molecule has 2 aromatic carbocycles. The Morgan fingerprint density at radius 1 is 0.818 bits per heavy atom. The van der Waals surface area contributed by atoms with Crippen LogP contribution < -0.4 is 0 Å². The van der Waals surface area contributed by atoms with Crippen LogP contribution in [0.15, 0.2) is 72.1 Å². The highest BCUT2D eigenvalue weighted by atomic mass is 16.7. The summed E-state index contributed by atoms with van der Waals surface area (Å²) in [5.41, 5.74) is 4.97. The van der Waals surface area contributed by atoms with Crippen LogP contribution in [0, 0.1) is 0 Å². The molecule has 0 N–H and O–H groups in total. The van der Waals surface area contributed by atoms with Gasteiger partial charge in [-0.3, -0.25) is 4.84 Å². The lowest BCUT2D eigenvalue weighted by Gasteiger charge is -2.23. The van der Waals surface area contributed by atoms with E-state index >= 15 is 0 Å². The van der Waals surface area contributed by atoms with Gasteiger partial charge in [-0.15, -0.1) is 0 Å². The predicted molar refractivity (Wildman–Crippen MR) is 88.3 cm³/mol. The maximum Gasteiger partial charge on any atom is 0.116 e. The van der Waals surface area contributed by atoms with E-state index in [2.05, 4.69) is 61.2 Å². The summed E-state index contributed by atoms with van der Waals surface area (Å²) in [6, 6.07) is 20.8. The van der Waals surface area contributed by atoms with Crippen molar-refractivity contribution in [2.45, 2.75) is 27.0 Å². The molecule has 114 valence electrons. The van der Waals surface area contributed by atoms with E-state index in [1.165, 1.54) is 22.5 Å². The Hall–Kier alpha value is -2.26. The number of benzene rings is 2. The highest BCUT2D eigenvalue weighted by molar-refractivity contribution is 5.19. The predicted octanol–water partition coefficient (Wildman–Crippen LogP) is 4.14. The van der Waals surface area contributed by atoms with Crippen molar-refractivity contribution in [1.29, 1.82) is 0 Å². The Labute approximate surface area is 132 Å². The first-order valence-corrected chi connectivity index (χ1v) is 7.65. The van der Waals surface area contributed by atoms with Gasteiger partial charge in [0.15, 0.2) is 0 Å². The standard InChI is InChI=1S/C19H22N2O/c1-16-17(2)21(22-14-19-11-7-4-8-12-19)15-20(16)13-18-9-5-3-6-10-18/h3-12H,13-15H2,1-2H3. The third-order valence-electron chi connectivity index (χ3n) is 4.12. The highest BCUT2D eigenvalue weighted by Gasteiger charge is 2.24. The lowest BCUT2D eigenvalue weighted by Crippen LogP contribution is -2.27. The summed E-state index contributed by atoms with van der Waals surface area (Å²) in [5.74, 6) is 0. The Bertz CT molecular complexity index is 637. The lowest BCUT2D eigenvalue weighted by molar-refractivity contribution is -0.149. The molecular formula is C19H22N2O. The molecule has 0 bridgehead atoms. The molecule has 3 rings (SSSR count). The molecule has 0 atom stereocenters. The van der Waals surface area contributed by atoms with Gasteiger partial charge >= 0.3 is 0 Å². The second kappa shape index (κ2) is 6.67. The molecule has 0 amide bonds. The maximum absolute atomic E-state index is 5.97. The molecule has 0 radical (unpaired) electrons. The van der Waals surface area contributed by atoms with E-state index < -0.39 is 0 Å².